The summed E-state index contributed by atoms with van der Waals surface area (Å²) >= 11 is 1.53. The molecule has 2 aliphatic rings. The van der Waals surface area contributed by atoms with Gasteiger partial charge < -0.3 is 10.2 Å². The SMILES string of the molecule is CCCCN1C(=O)C2=C(c3cccs3)NC(=O)C2=C1c1cccc2ccccc12. The Hall–Kier alpha value is -3.18. The fourth-order valence-electron chi connectivity index (χ4n) is 4.14. The van der Waals surface area contributed by atoms with Crippen molar-refractivity contribution in [1.82, 2.24) is 10.2 Å². The van der Waals surface area contributed by atoms with Crippen molar-refractivity contribution in [3.8, 4) is 0 Å². The van der Waals surface area contributed by atoms with Gasteiger partial charge in [0.2, 0.25) is 0 Å². The molecule has 0 bridgehead atoms. The molecule has 0 spiro atoms. The Bertz CT molecular complexity index is 1200. The normalized spacial score (nSPS) is 16.2. The third-order valence-corrected chi connectivity index (χ3v) is 6.37. The zero-order chi connectivity index (χ0) is 20.0. The highest BCUT2D eigenvalue weighted by Gasteiger charge is 2.45. The molecule has 0 fully saturated rings. The van der Waals surface area contributed by atoms with Crippen LogP contribution in [0.15, 0.2) is 71.1 Å². The molecule has 3 heterocycles. The fraction of sp³-hybridized carbons (Fsp3) is 0.167. The Morgan fingerprint density at radius 3 is 2.59 bits per heavy atom. The maximum atomic E-state index is 13.5. The van der Waals surface area contributed by atoms with Crippen LogP contribution in [0.4, 0.5) is 0 Å². The summed E-state index contributed by atoms with van der Waals surface area (Å²) in [6.07, 6.45) is 1.86. The number of thiophene rings is 1. The summed E-state index contributed by atoms with van der Waals surface area (Å²) in [6, 6.07) is 18.0. The first kappa shape index (κ1) is 17.9. The lowest BCUT2D eigenvalue weighted by Gasteiger charge is -2.22. The standard InChI is InChI=1S/C24H20N2O2S/c1-2-3-13-26-22(17-11-6-9-15-8-4-5-10-16(15)17)20-19(24(26)28)21(25-23(20)27)18-12-7-14-29-18/h4-12,14H,2-3,13H2,1H3,(H,25,27). The molecule has 2 aromatic carbocycles. The highest BCUT2D eigenvalue weighted by molar-refractivity contribution is 7.11. The number of hydrogen-bond donors (Lipinski definition) is 1. The number of amides is 2. The first-order valence-corrected chi connectivity index (χ1v) is 10.7. The minimum atomic E-state index is -0.196. The summed E-state index contributed by atoms with van der Waals surface area (Å²) in [5, 5.41) is 7.05. The lowest BCUT2D eigenvalue weighted by atomic mass is 9.98. The molecule has 0 radical (unpaired) electrons. The maximum Gasteiger partial charge on any atom is 0.261 e. The molecule has 1 aromatic heterocycles. The van der Waals surface area contributed by atoms with E-state index in [4.69, 9.17) is 0 Å². The number of unbranched alkanes of at least 4 members (excludes halogenated alkanes) is 1. The van der Waals surface area contributed by atoms with Crippen LogP contribution in [0.5, 0.6) is 0 Å². The quantitative estimate of drug-likeness (QED) is 0.669. The van der Waals surface area contributed by atoms with E-state index in [-0.39, 0.29) is 11.8 Å². The van der Waals surface area contributed by atoms with Crippen molar-refractivity contribution in [3.05, 3.63) is 81.6 Å². The molecular weight excluding hydrogens is 380 g/mol. The number of carbonyl (C=O) groups is 2. The Morgan fingerprint density at radius 2 is 1.79 bits per heavy atom. The van der Waals surface area contributed by atoms with Crippen molar-refractivity contribution in [2.75, 3.05) is 6.54 Å². The second-order valence-electron chi connectivity index (χ2n) is 7.24. The van der Waals surface area contributed by atoms with Crippen molar-refractivity contribution in [3.63, 3.8) is 0 Å². The molecule has 0 aliphatic carbocycles. The third kappa shape index (κ3) is 2.73. The average Bonchev–Trinajstić information content (AvgIpc) is 3.44. The van der Waals surface area contributed by atoms with Crippen molar-refractivity contribution < 1.29 is 9.59 Å². The molecule has 3 aromatic rings. The van der Waals surface area contributed by atoms with Gasteiger partial charge in [0.1, 0.15) is 0 Å². The maximum absolute atomic E-state index is 13.5. The second kappa shape index (κ2) is 7.01. The molecule has 5 rings (SSSR count). The predicted molar refractivity (Wildman–Crippen MR) is 117 cm³/mol. The highest BCUT2D eigenvalue weighted by Crippen LogP contribution is 2.44. The summed E-state index contributed by atoms with van der Waals surface area (Å²) in [4.78, 5) is 29.3. The second-order valence-corrected chi connectivity index (χ2v) is 8.19. The molecule has 4 nitrogen and oxygen atoms in total. The van der Waals surface area contributed by atoms with Crippen LogP contribution in [0.2, 0.25) is 0 Å². The van der Waals surface area contributed by atoms with Crippen LogP contribution in [0.25, 0.3) is 22.2 Å². The summed E-state index contributed by atoms with van der Waals surface area (Å²) in [5.41, 5.74) is 3.32. The summed E-state index contributed by atoms with van der Waals surface area (Å²) < 4.78 is 0. The molecule has 0 unspecified atom stereocenters. The van der Waals surface area contributed by atoms with Gasteiger partial charge >= 0.3 is 0 Å². The van der Waals surface area contributed by atoms with Crippen LogP contribution in [-0.2, 0) is 9.59 Å². The fourth-order valence-corrected chi connectivity index (χ4v) is 4.87. The minimum absolute atomic E-state index is 0.0851. The molecule has 0 saturated heterocycles. The van der Waals surface area contributed by atoms with Crippen LogP contribution in [0.1, 0.15) is 30.2 Å². The van der Waals surface area contributed by atoms with E-state index < -0.39 is 0 Å². The summed E-state index contributed by atoms with van der Waals surface area (Å²) in [5.74, 6) is -0.281. The molecule has 1 N–H and O–H groups in total. The van der Waals surface area contributed by atoms with Gasteiger partial charge in [-0.2, -0.15) is 0 Å². The predicted octanol–water partition coefficient (Wildman–Crippen LogP) is 4.80. The number of benzene rings is 2. The molecule has 5 heteroatoms. The Kier molecular flexibility index (Phi) is 4.32. The number of fused-ring (bicyclic) bond motifs is 2. The topological polar surface area (TPSA) is 49.4 Å². The minimum Gasteiger partial charge on any atom is -0.320 e. The molecule has 0 saturated carbocycles. The van der Waals surface area contributed by atoms with Gasteiger partial charge in [0.05, 0.1) is 27.4 Å². The lowest BCUT2D eigenvalue weighted by Crippen LogP contribution is -2.28. The van der Waals surface area contributed by atoms with Gasteiger partial charge in [-0.05, 0) is 28.6 Å². The average molecular weight is 401 g/mol. The molecule has 2 aliphatic heterocycles. The molecule has 0 atom stereocenters. The van der Waals surface area contributed by atoms with Crippen LogP contribution in [0, 0.1) is 0 Å². The number of nitrogens with zero attached hydrogens (tertiary/aromatic N) is 1. The largest absolute Gasteiger partial charge is 0.320 e. The first-order chi connectivity index (χ1) is 14.2. The van der Waals surface area contributed by atoms with Crippen LogP contribution < -0.4 is 5.32 Å². The van der Waals surface area contributed by atoms with Crippen molar-refractivity contribution in [1.29, 1.82) is 0 Å². The Morgan fingerprint density at radius 1 is 0.966 bits per heavy atom. The van der Waals surface area contributed by atoms with Gasteiger partial charge in [0.25, 0.3) is 11.8 Å². The molecule has 144 valence electrons. The van der Waals surface area contributed by atoms with Crippen molar-refractivity contribution in [2.24, 2.45) is 0 Å². The third-order valence-electron chi connectivity index (χ3n) is 5.48. The van der Waals surface area contributed by atoms with E-state index >= 15 is 0 Å². The smallest absolute Gasteiger partial charge is 0.261 e. The van der Waals surface area contributed by atoms with E-state index in [1.54, 1.807) is 0 Å². The van der Waals surface area contributed by atoms with Crippen molar-refractivity contribution >= 4 is 45.3 Å². The van der Waals surface area contributed by atoms with Crippen LogP contribution in [-0.4, -0.2) is 23.3 Å². The zero-order valence-corrected chi connectivity index (χ0v) is 16.9. The number of carbonyl (C=O) groups excluding carboxylic acids is 2. The Balaban J connectivity index is 1.79. The van der Waals surface area contributed by atoms with Gasteiger partial charge in [-0.1, -0.05) is 61.9 Å². The van der Waals surface area contributed by atoms with Gasteiger partial charge in [-0.15, -0.1) is 11.3 Å². The highest BCUT2D eigenvalue weighted by atomic mass is 32.1. The summed E-state index contributed by atoms with van der Waals surface area (Å²) in [6.45, 7) is 2.71. The van der Waals surface area contributed by atoms with E-state index in [0.29, 0.717) is 23.4 Å². The number of nitrogens with one attached hydrogen (secondary N) is 1. The van der Waals surface area contributed by atoms with Crippen molar-refractivity contribution in [2.45, 2.75) is 19.8 Å². The van der Waals surface area contributed by atoms with E-state index in [0.717, 1.165) is 39.8 Å². The van der Waals surface area contributed by atoms with Crippen LogP contribution in [0.3, 0.4) is 0 Å². The van der Waals surface area contributed by atoms with E-state index in [1.165, 1.54) is 11.3 Å². The van der Waals surface area contributed by atoms with E-state index in [2.05, 4.69) is 30.4 Å². The van der Waals surface area contributed by atoms with Gasteiger partial charge in [-0.3, -0.25) is 9.59 Å². The van der Waals surface area contributed by atoms with E-state index in [9.17, 15) is 9.59 Å². The Labute approximate surface area is 173 Å². The molecule has 29 heavy (non-hydrogen) atoms. The number of rotatable bonds is 5. The summed E-state index contributed by atoms with van der Waals surface area (Å²) in [7, 11) is 0. The molecule has 2 amide bonds. The zero-order valence-electron chi connectivity index (χ0n) is 16.1. The first-order valence-electron chi connectivity index (χ1n) is 9.85. The van der Waals surface area contributed by atoms with Crippen LogP contribution >= 0.6 is 11.3 Å². The van der Waals surface area contributed by atoms with Gasteiger partial charge in [-0.25, -0.2) is 0 Å². The monoisotopic (exact) mass is 400 g/mol. The molecular formula is C24H20N2O2S. The van der Waals surface area contributed by atoms with Gasteiger partial charge in [0.15, 0.2) is 0 Å². The van der Waals surface area contributed by atoms with E-state index in [1.807, 2.05) is 46.7 Å². The lowest BCUT2D eigenvalue weighted by molar-refractivity contribution is -0.123. The number of hydrogen-bond acceptors (Lipinski definition) is 3. The van der Waals surface area contributed by atoms with Gasteiger partial charge in [0, 0.05) is 12.1 Å².